The first-order valence-corrected chi connectivity index (χ1v) is 5.03. The minimum absolute atomic E-state index is 0.0844. The van der Waals surface area contributed by atoms with Gasteiger partial charge in [-0.25, -0.2) is 0 Å². The average molecular weight is 211 g/mol. The Hall–Kier alpha value is -1.36. The SMILES string of the molecule is O=CCCSc1cccc([N+](=O)[O-])c1. The van der Waals surface area contributed by atoms with Gasteiger partial charge in [-0.1, -0.05) is 6.07 Å². The van der Waals surface area contributed by atoms with Gasteiger partial charge in [0.2, 0.25) is 0 Å². The average Bonchev–Trinajstić information content (AvgIpc) is 2.19. The lowest BCUT2D eigenvalue weighted by Crippen LogP contribution is -1.87. The monoisotopic (exact) mass is 211 g/mol. The third-order valence-corrected chi connectivity index (χ3v) is 2.56. The molecule has 74 valence electrons. The summed E-state index contributed by atoms with van der Waals surface area (Å²) in [6.07, 6.45) is 1.30. The molecule has 0 spiro atoms. The van der Waals surface area contributed by atoms with E-state index in [-0.39, 0.29) is 5.69 Å². The van der Waals surface area contributed by atoms with Crippen molar-refractivity contribution in [2.24, 2.45) is 0 Å². The van der Waals surface area contributed by atoms with Crippen LogP contribution < -0.4 is 0 Å². The largest absolute Gasteiger partial charge is 0.303 e. The van der Waals surface area contributed by atoms with Crippen molar-refractivity contribution in [2.45, 2.75) is 11.3 Å². The van der Waals surface area contributed by atoms with E-state index in [1.807, 2.05) is 0 Å². The molecule has 0 radical (unpaired) electrons. The highest BCUT2D eigenvalue weighted by atomic mass is 32.2. The highest BCUT2D eigenvalue weighted by Gasteiger charge is 2.05. The first kappa shape index (κ1) is 10.7. The molecule has 0 unspecified atom stereocenters. The summed E-state index contributed by atoms with van der Waals surface area (Å²) in [4.78, 5) is 20.9. The summed E-state index contributed by atoms with van der Waals surface area (Å²) in [5.74, 6) is 0.657. The zero-order chi connectivity index (χ0) is 10.4. The minimum atomic E-state index is -0.427. The van der Waals surface area contributed by atoms with Crippen molar-refractivity contribution in [3.63, 3.8) is 0 Å². The van der Waals surface area contributed by atoms with E-state index in [1.165, 1.54) is 23.9 Å². The van der Waals surface area contributed by atoms with E-state index in [0.29, 0.717) is 12.2 Å². The van der Waals surface area contributed by atoms with Crippen LogP contribution in [0.5, 0.6) is 0 Å². The molecule has 0 amide bonds. The minimum Gasteiger partial charge on any atom is -0.303 e. The summed E-state index contributed by atoms with van der Waals surface area (Å²) in [5, 5.41) is 10.4. The van der Waals surface area contributed by atoms with E-state index >= 15 is 0 Å². The number of rotatable bonds is 5. The van der Waals surface area contributed by atoms with Gasteiger partial charge in [0.15, 0.2) is 0 Å². The molecule has 1 aromatic rings. The molecule has 0 N–H and O–H groups in total. The third kappa shape index (κ3) is 3.18. The Morgan fingerprint density at radius 1 is 1.50 bits per heavy atom. The summed E-state index contributed by atoms with van der Waals surface area (Å²) in [7, 11) is 0. The second-order valence-corrected chi connectivity index (χ2v) is 3.73. The van der Waals surface area contributed by atoms with Gasteiger partial charge in [-0.2, -0.15) is 0 Å². The quantitative estimate of drug-likeness (QED) is 0.246. The molecule has 0 aliphatic carbocycles. The molecule has 14 heavy (non-hydrogen) atoms. The number of carbonyl (C=O) groups is 1. The van der Waals surface area contributed by atoms with E-state index in [9.17, 15) is 14.9 Å². The molecule has 0 saturated heterocycles. The number of thioether (sulfide) groups is 1. The van der Waals surface area contributed by atoms with E-state index in [1.54, 1.807) is 12.1 Å². The number of benzene rings is 1. The van der Waals surface area contributed by atoms with Crippen LogP contribution in [0.4, 0.5) is 5.69 Å². The summed E-state index contributed by atoms with van der Waals surface area (Å²) in [5.41, 5.74) is 0.0844. The lowest BCUT2D eigenvalue weighted by atomic mass is 10.3. The van der Waals surface area contributed by atoms with Gasteiger partial charge >= 0.3 is 0 Å². The van der Waals surface area contributed by atoms with Crippen LogP contribution in [0, 0.1) is 10.1 Å². The van der Waals surface area contributed by atoms with E-state index in [4.69, 9.17) is 0 Å². The molecular weight excluding hydrogens is 202 g/mol. The second kappa shape index (κ2) is 5.39. The lowest BCUT2D eigenvalue weighted by molar-refractivity contribution is -0.385. The molecule has 0 bridgehead atoms. The van der Waals surface area contributed by atoms with E-state index < -0.39 is 4.92 Å². The predicted molar refractivity (Wildman–Crippen MR) is 54.5 cm³/mol. The molecule has 0 aromatic heterocycles. The molecule has 4 nitrogen and oxygen atoms in total. The van der Waals surface area contributed by atoms with Crippen molar-refractivity contribution in [1.82, 2.24) is 0 Å². The van der Waals surface area contributed by atoms with Gasteiger partial charge in [0.1, 0.15) is 6.29 Å². The molecule has 5 heteroatoms. The maximum absolute atomic E-state index is 10.4. The van der Waals surface area contributed by atoms with Crippen LogP contribution in [0.15, 0.2) is 29.2 Å². The normalized spacial score (nSPS) is 9.71. The molecule has 0 fully saturated rings. The van der Waals surface area contributed by atoms with Crippen LogP contribution in [-0.2, 0) is 4.79 Å². The number of hydrogen-bond acceptors (Lipinski definition) is 4. The predicted octanol–water partition coefficient (Wildman–Crippen LogP) is 2.28. The molecule has 0 heterocycles. The van der Waals surface area contributed by atoms with Crippen molar-refractivity contribution in [1.29, 1.82) is 0 Å². The first-order chi connectivity index (χ1) is 6.74. The Bertz CT molecular complexity index is 341. The van der Waals surface area contributed by atoms with Crippen LogP contribution in [0.25, 0.3) is 0 Å². The molecule has 0 aliphatic heterocycles. The van der Waals surface area contributed by atoms with Crippen LogP contribution in [0.1, 0.15) is 6.42 Å². The molecule has 1 rings (SSSR count). The molecular formula is C9H9NO3S. The zero-order valence-corrected chi connectivity index (χ0v) is 8.20. The van der Waals surface area contributed by atoms with Gasteiger partial charge in [0.25, 0.3) is 5.69 Å². The van der Waals surface area contributed by atoms with Crippen molar-refractivity contribution in [3.8, 4) is 0 Å². The topological polar surface area (TPSA) is 60.2 Å². The second-order valence-electron chi connectivity index (χ2n) is 2.56. The number of aldehydes is 1. The smallest absolute Gasteiger partial charge is 0.270 e. The summed E-state index contributed by atoms with van der Waals surface area (Å²) in [6, 6.07) is 6.39. The van der Waals surface area contributed by atoms with Gasteiger partial charge in [-0.15, -0.1) is 11.8 Å². The number of carbonyl (C=O) groups excluding carboxylic acids is 1. The van der Waals surface area contributed by atoms with Crippen molar-refractivity contribution in [3.05, 3.63) is 34.4 Å². The summed E-state index contributed by atoms with van der Waals surface area (Å²) < 4.78 is 0. The van der Waals surface area contributed by atoms with Crippen LogP contribution >= 0.6 is 11.8 Å². The Morgan fingerprint density at radius 2 is 2.29 bits per heavy atom. The number of non-ortho nitro benzene ring substituents is 1. The van der Waals surface area contributed by atoms with Crippen molar-refractivity contribution >= 4 is 23.7 Å². The third-order valence-electron chi connectivity index (χ3n) is 1.53. The number of nitro benzene ring substituents is 1. The Labute approximate surface area is 85.5 Å². The van der Waals surface area contributed by atoms with E-state index in [0.717, 1.165) is 11.2 Å². The fraction of sp³-hybridized carbons (Fsp3) is 0.222. The maximum atomic E-state index is 10.4. The molecule has 0 saturated carbocycles. The maximum Gasteiger partial charge on any atom is 0.270 e. The molecule has 0 aliphatic rings. The lowest BCUT2D eigenvalue weighted by Gasteiger charge is -1.98. The highest BCUT2D eigenvalue weighted by molar-refractivity contribution is 7.99. The highest BCUT2D eigenvalue weighted by Crippen LogP contribution is 2.22. The summed E-state index contributed by atoms with van der Waals surface area (Å²) in [6.45, 7) is 0. The molecule has 0 atom stereocenters. The van der Waals surface area contributed by atoms with Gasteiger partial charge in [-0.3, -0.25) is 10.1 Å². The standard InChI is InChI=1S/C9H9NO3S/c11-5-2-6-14-9-4-1-3-8(7-9)10(12)13/h1,3-5,7H,2,6H2. The Balaban J connectivity index is 2.63. The number of nitrogens with zero attached hydrogens (tertiary/aromatic N) is 1. The van der Waals surface area contributed by atoms with Gasteiger partial charge in [0.05, 0.1) is 4.92 Å². The van der Waals surface area contributed by atoms with Crippen LogP contribution in [-0.4, -0.2) is 17.0 Å². The fourth-order valence-corrected chi connectivity index (χ4v) is 1.74. The summed E-state index contributed by atoms with van der Waals surface area (Å²) >= 11 is 1.44. The van der Waals surface area contributed by atoms with Crippen LogP contribution in [0.2, 0.25) is 0 Å². The van der Waals surface area contributed by atoms with E-state index in [2.05, 4.69) is 0 Å². The zero-order valence-electron chi connectivity index (χ0n) is 7.38. The Morgan fingerprint density at radius 3 is 2.93 bits per heavy atom. The van der Waals surface area contributed by atoms with Crippen molar-refractivity contribution in [2.75, 3.05) is 5.75 Å². The fourth-order valence-electron chi connectivity index (χ4n) is 0.912. The van der Waals surface area contributed by atoms with Crippen LogP contribution in [0.3, 0.4) is 0 Å². The van der Waals surface area contributed by atoms with Gasteiger partial charge in [0, 0.05) is 29.2 Å². The van der Waals surface area contributed by atoms with Gasteiger partial charge < -0.3 is 4.79 Å². The first-order valence-electron chi connectivity index (χ1n) is 4.05. The molecule has 1 aromatic carbocycles. The van der Waals surface area contributed by atoms with Gasteiger partial charge in [-0.05, 0) is 6.07 Å². The van der Waals surface area contributed by atoms with Crippen molar-refractivity contribution < 1.29 is 9.72 Å². The number of nitro groups is 1. The Kier molecular flexibility index (Phi) is 4.12. The number of hydrogen-bond donors (Lipinski definition) is 0.